The lowest BCUT2D eigenvalue weighted by Gasteiger charge is -2.23. The van der Waals surface area contributed by atoms with Gasteiger partial charge in [0, 0.05) is 48.9 Å². The molecule has 0 radical (unpaired) electrons. The Morgan fingerprint density at radius 2 is 1.32 bits per heavy atom. The molecule has 0 fully saturated rings. The molecule has 4 aromatic rings. The summed E-state index contributed by atoms with van der Waals surface area (Å²) < 4.78 is 0. The number of rotatable bonds is 10. The van der Waals surface area contributed by atoms with Crippen molar-refractivity contribution in [2.24, 2.45) is 11.0 Å². The normalized spacial score (nSPS) is 17.0. The fourth-order valence-corrected chi connectivity index (χ4v) is 5.63. The molecule has 0 aliphatic carbocycles. The van der Waals surface area contributed by atoms with E-state index < -0.39 is 0 Å². The second kappa shape index (κ2) is 12.4. The standard InChI is InChI=1S/C35H41N5/c1-6-38(7-2)30-20-14-27(15-21-30)16-24-33-26(5)35(29-17-22-31(23-18-29)39(8-3)9-4)37-40(33)34-25-19-28-12-10-11-13-32(28)36-34/h10-26,33H,6-9H2,1-5H3. The number of hydrogen-bond donors (Lipinski definition) is 0. The van der Waals surface area contributed by atoms with E-state index in [0.29, 0.717) is 0 Å². The van der Waals surface area contributed by atoms with E-state index in [1.807, 2.05) is 6.07 Å². The minimum Gasteiger partial charge on any atom is -0.372 e. The largest absolute Gasteiger partial charge is 0.372 e. The second-order valence-corrected chi connectivity index (χ2v) is 10.3. The van der Waals surface area contributed by atoms with Gasteiger partial charge in [0.25, 0.3) is 0 Å². The molecule has 5 rings (SSSR count). The van der Waals surface area contributed by atoms with Gasteiger partial charge >= 0.3 is 0 Å². The summed E-state index contributed by atoms with van der Waals surface area (Å²) in [6, 6.07) is 30.2. The van der Waals surface area contributed by atoms with Gasteiger partial charge in [-0.25, -0.2) is 9.99 Å². The van der Waals surface area contributed by atoms with Gasteiger partial charge in [-0.1, -0.05) is 61.5 Å². The Balaban J connectivity index is 1.48. The Labute approximate surface area is 239 Å². The first-order valence-electron chi connectivity index (χ1n) is 14.7. The Bertz CT molecular complexity index is 1460. The lowest BCUT2D eigenvalue weighted by atomic mass is 9.92. The highest BCUT2D eigenvalue weighted by Crippen LogP contribution is 2.33. The Hall–Kier alpha value is -4.12. The molecular formula is C35H41N5. The quantitative estimate of drug-likeness (QED) is 0.209. The van der Waals surface area contributed by atoms with E-state index in [1.54, 1.807) is 0 Å². The van der Waals surface area contributed by atoms with Crippen LogP contribution in [0.15, 0.2) is 96.1 Å². The SMILES string of the molecule is CCN(CC)c1ccc(C=CC2C(C)C(c3ccc(N(CC)CC)cc3)=NN2c2ccc3ccccc3n2)cc1. The van der Waals surface area contributed by atoms with E-state index in [9.17, 15) is 0 Å². The van der Waals surface area contributed by atoms with E-state index in [0.717, 1.165) is 54.2 Å². The van der Waals surface area contributed by atoms with Crippen molar-refractivity contribution < 1.29 is 0 Å². The molecule has 5 nitrogen and oxygen atoms in total. The van der Waals surface area contributed by atoms with Gasteiger partial charge in [-0.15, -0.1) is 0 Å². The molecule has 0 spiro atoms. The highest BCUT2D eigenvalue weighted by atomic mass is 15.5. The van der Waals surface area contributed by atoms with Crippen LogP contribution >= 0.6 is 0 Å². The Morgan fingerprint density at radius 1 is 0.725 bits per heavy atom. The zero-order valence-corrected chi connectivity index (χ0v) is 24.5. The topological polar surface area (TPSA) is 35.0 Å². The molecule has 206 valence electrons. The molecule has 3 aromatic carbocycles. The summed E-state index contributed by atoms with van der Waals surface area (Å²) in [5, 5.41) is 8.44. The highest BCUT2D eigenvalue weighted by Gasteiger charge is 2.34. The minimum absolute atomic E-state index is 0.0496. The molecule has 2 unspecified atom stereocenters. The molecule has 0 N–H and O–H groups in total. The zero-order valence-electron chi connectivity index (χ0n) is 24.5. The van der Waals surface area contributed by atoms with E-state index in [1.165, 1.54) is 16.9 Å². The molecule has 5 heteroatoms. The summed E-state index contributed by atoms with van der Waals surface area (Å²) in [4.78, 5) is 9.74. The maximum absolute atomic E-state index is 5.20. The van der Waals surface area contributed by atoms with Crippen molar-refractivity contribution in [2.45, 2.75) is 40.7 Å². The molecule has 2 atom stereocenters. The molecule has 0 saturated carbocycles. The number of anilines is 3. The van der Waals surface area contributed by atoms with E-state index in [-0.39, 0.29) is 12.0 Å². The molecule has 0 bridgehead atoms. The van der Waals surface area contributed by atoms with Gasteiger partial charge < -0.3 is 9.80 Å². The lowest BCUT2D eigenvalue weighted by Crippen LogP contribution is -2.30. The van der Waals surface area contributed by atoms with Gasteiger partial charge in [0.2, 0.25) is 0 Å². The van der Waals surface area contributed by atoms with Crippen LogP contribution in [0.3, 0.4) is 0 Å². The van der Waals surface area contributed by atoms with Crippen LogP contribution in [-0.4, -0.2) is 42.9 Å². The van der Waals surface area contributed by atoms with Gasteiger partial charge in [0.15, 0.2) is 0 Å². The summed E-state index contributed by atoms with van der Waals surface area (Å²) in [6.07, 6.45) is 4.51. The number of para-hydroxylation sites is 1. The monoisotopic (exact) mass is 531 g/mol. The first-order valence-corrected chi connectivity index (χ1v) is 14.7. The van der Waals surface area contributed by atoms with Crippen LogP contribution in [0.4, 0.5) is 17.2 Å². The van der Waals surface area contributed by atoms with Gasteiger partial charge in [-0.05, 0) is 81.3 Å². The number of aromatic nitrogens is 1. The van der Waals surface area contributed by atoms with Crippen LogP contribution in [0.25, 0.3) is 17.0 Å². The van der Waals surface area contributed by atoms with Crippen LogP contribution in [0.1, 0.15) is 45.7 Å². The molecule has 0 amide bonds. The Kier molecular flexibility index (Phi) is 8.49. The summed E-state index contributed by atoms with van der Waals surface area (Å²) in [5.41, 5.74) is 6.93. The van der Waals surface area contributed by atoms with Gasteiger partial charge in [-0.3, -0.25) is 0 Å². The number of hydrazone groups is 1. The minimum atomic E-state index is 0.0496. The fraction of sp³-hybridized carbons (Fsp3) is 0.314. The predicted molar refractivity (Wildman–Crippen MR) is 173 cm³/mol. The maximum Gasteiger partial charge on any atom is 0.150 e. The van der Waals surface area contributed by atoms with Gasteiger partial charge in [0.1, 0.15) is 5.82 Å². The summed E-state index contributed by atoms with van der Waals surface area (Å²) >= 11 is 0. The average molecular weight is 532 g/mol. The lowest BCUT2D eigenvalue weighted by molar-refractivity contribution is 0.654. The molecule has 1 aromatic heterocycles. The van der Waals surface area contributed by atoms with Crippen molar-refractivity contribution in [1.82, 2.24) is 4.98 Å². The molecule has 40 heavy (non-hydrogen) atoms. The summed E-state index contributed by atoms with van der Waals surface area (Å²) in [7, 11) is 0. The first kappa shape index (κ1) is 27.4. The third-order valence-electron chi connectivity index (χ3n) is 8.06. The van der Waals surface area contributed by atoms with Gasteiger partial charge in [0.05, 0.1) is 17.3 Å². The van der Waals surface area contributed by atoms with Crippen LogP contribution in [0, 0.1) is 5.92 Å². The van der Waals surface area contributed by atoms with Crippen LogP contribution in [0.5, 0.6) is 0 Å². The molecule has 0 saturated heterocycles. The Morgan fingerprint density at radius 3 is 1.95 bits per heavy atom. The van der Waals surface area contributed by atoms with E-state index >= 15 is 0 Å². The van der Waals surface area contributed by atoms with Crippen molar-refractivity contribution >= 4 is 39.9 Å². The van der Waals surface area contributed by atoms with Gasteiger partial charge in [-0.2, -0.15) is 5.10 Å². The summed E-state index contributed by atoms with van der Waals surface area (Å²) in [5.74, 6) is 1.06. The number of hydrogen-bond acceptors (Lipinski definition) is 5. The van der Waals surface area contributed by atoms with Crippen molar-refractivity contribution in [3.8, 4) is 0 Å². The van der Waals surface area contributed by atoms with E-state index in [2.05, 4.69) is 140 Å². The number of pyridine rings is 1. The van der Waals surface area contributed by atoms with E-state index in [4.69, 9.17) is 10.1 Å². The smallest absolute Gasteiger partial charge is 0.150 e. The third kappa shape index (κ3) is 5.60. The van der Waals surface area contributed by atoms with Crippen molar-refractivity contribution in [3.63, 3.8) is 0 Å². The third-order valence-corrected chi connectivity index (χ3v) is 8.06. The molecular weight excluding hydrogens is 490 g/mol. The van der Waals surface area contributed by atoms with Crippen LogP contribution < -0.4 is 14.8 Å². The zero-order chi connectivity index (χ0) is 28.1. The number of benzene rings is 3. The summed E-state index contributed by atoms with van der Waals surface area (Å²) in [6.45, 7) is 15.1. The fourth-order valence-electron chi connectivity index (χ4n) is 5.63. The maximum atomic E-state index is 5.20. The highest BCUT2D eigenvalue weighted by molar-refractivity contribution is 6.05. The van der Waals surface area contributed by atoms with Crippen molar-refractivity contribution in [1.29, 1.82) is 0 Å². The van der Waals surface area contributed by atoms with Crippen LogP contribution in [0.2, 0.25) is 0 Å². The van der Waals surface area contributed by atoms with Crippen LogP contribution in [-0.2, 0) is 0 Å². The molecule has 2 heterocycles. The molecule has 1 aliphatic rings. The first-order chi connectivity index (χ1) is 19.6. The van der Waals surface area contributed by atoms with Crippen molar-refractivity contribution in [2.75, 3.05) is 41.0 Å². The predicted octanol–water partition coefficient (Wildman–Crippen LogP) is 7.87. The second-order valence-electron chi connectivity index (χ2n) is 10.3. The number of fused-ring (bicyclic) bond motifs is 1. The average Bonchev–Trinajstić information content (AvgIpc) is 3.33. The molecule has 1 aliphatic heterocycles. The number of nitrogens with zero attached hydrogens (tertiary/aromatic N) is 5. The van der Waals surface area contributed by atoms with Crippen molar-refractivity contribution in [3.05, 3.63) is 102 Å².